The zero-order valence-corrected chi connectivity index (χ0v) is 15.7. The van der Waals surface area contributed by atoms with Gasteiger partial charge in [0.25, 0.3) is 5.91 Å². The van der Waals surface area contributed by atoms with E-state index in [1.165, 1.54) is 0 Å². The number of nitrogens with one attached hydrogen (secondary N) is 1. The molecule has 27 heavy (non-hydrogen) atoms. The first-order valence-electron chi connectivity index (χ1n) is 8.36. The molecule has 0 aliphatic heterocycles. The topological polar surface area (TPSA) is 78.3 Å². The van der Waals surface area contributed by atoms with E-state index in [1.807, 2.05) is 19.1 Å². The second-order valence-electron chi connectivity index (χ2n) is 5.59. The summed E-state index contributed by atoms with van der Waals surface area (Å²) >= 11 is 5.94. The maximum atomic E-state index is 12.8. The fourth-order valence-corrected chi connectivity index (χ4v) is 2.69. The minimum atomic E-state index is -0.394. The molecule has 0 saturated carbocycles. The standard InChI is InChI=1S/C19H19ClN4O3/c1-3-27-17-7-5-4-6-15(17)21-19(25)18-16(12-26-2)24(23-22-18)14-10-8-13(20)9-11-14/h4-11H,3,12H2,1-2H3,(H,21,25). The van der Waals surface area contributed by atoms with Gasteiger partial charge in [0.2, 0.25) is 0 Å². The van der Waals surface area contributed by atoms with E-state index in [0.29, 0.717) is 28.8 Å². The number of benzene rings is 2. The van der Waals surface area contributed by atoms with Crippen molar-refractivity contribution in [3.05, 3.63) is 64.9 Å². The van der Waals surface area contributed by atoms with E-state index < -0.39 is 5.91 Å². The Morgan fingerprint density at radius 3 is 2.63 bits per heavy atom. The third-order valence-corrected chi connectivity index (χ3v) is 4.02. The smallest absolute Gasteiger partial charge is 0.278 e. The van der Waals surface area contributed by atoms with Crippen molar-refractivity contribution in [2.24, 2.45) is 0 Å². The molecule has 1 amide bonds. The van der Waals surface area contributed by atoms with E-state index in [4.69, 9.17) is 21.1 Å². The van der Waals surface area contributed by atoms with Gasteiger partial charge in [-0.1, -0.05) is 28.9 Å². The number of methoxy groups -OCH3 is 1. The van der Waals surface area contributed by atoms with Crippen LogP contribution in [-0.2, 0) is 11.3 Å². The first-order valence-corrected chi connectivity index (χ1v) is 8.74. The average molecular weight is 387 g/mol. The van der Waals surface area contributed by atoms with Crippen molar-refractivity contribution in [1.29, 1.82) is 0 Å². The molecule has 0 radical (unpaired) electrons. The molecule has 0 spiro atoms. The number of anilines is 1. The molecule has 3 aromatic rings. The molecule has 7 nitrogen and oxygen atoms in total. The van der Waals surface area contributed by atoms with Crippen LogP contribution in [0.3, 0.4) is 0 Å². The fourth-order valence-electron chi connectivity index (χ4n) is 2.57. The Bertz CT molecular complexity index is 925. The Hall–Kier alpha value is -2.90. The molecule has 2 aromatic carbocycles. The van der Waals surface area contributed by atoms with Gasteiger partial charge in [0, 0.05) is 12.1 Å². The third-order valence-electron chi connectivity index (χ3n) is 3.77. The molecule has 8 heteroatoms. The van der Waals surface area contributed by atoms with Crippen LogP contribution >= 0.6 is 11.6 Å². The monoisotopic (exact) mass is 386 g/mol. The molecular formula is C19H19ClN4O3. The summed E-state index contributed by atoms with van der Waals surface area (Å²) in [5.41, 5.74) is 2.01. The van der Waals surface area contributed by atoms with Crippen LogP contribution in [0, 0.1) is 0 Å². The highest BCUT2D eigenvalue weighted by molar-refractivity contribution is 6.30. The summed E-state index contributed by atoms with van der Waals surface area (Å²) in [4.78, 5) is 12.8. The highest BCUT2D eigenvalue weighted by Gasteiger charge is 2.21. The van der Waals surface area contributed by atoms with E-state index in [9.17, 15) is 4.79 Å². The van der Waals surface area contributed by atoms with Gasteiger partial charge in [-0.15, -0.1) is 5.10 Å². The molecule has 0 unspecified atom stereocenters. The van der Waals surface area contributed by atoms with Crippen molar-refractivity contribution in [1.82, 2.24) is 15.0 Å². The minimum Gasteiger partial charge on any atom is -0.492 e. The summed E-state index contributed by atoms with van der Waals surface area (Å²) in [6, 6.07) is 14.3. The summed E-state index contributed by atoms with van der Waals surface area (Å²) in [6.45, 7) is 2.55. The predicted molar refractivity (Wildman–Crippen MR) is 103 cm³/mol. The van der Waals surface area contributed by atoms with Gasteiger partial charge in [-0.3, -0.25) is 4.79 Å². The zero-order valence-electron chi connectivity index (χ0n) is 15.0. The number of rotatable bonds is 7. The number of halogens is 1. The second-order valence-corrected chi connectivity index (χ2v) is 6.03. The maximum absolute atomic E-state index is 12.8. The van der Waals surface area contributed by atoms with Crippen LogP contribution in [-0.4, -0.2) is 34.6 Å². The van der Waals surface area contributed by atoms with Gasteiger partial charge in [-0.2, -0.15) is 0 Å². The van der Waals surface area contributed by atoms with Gasteiger partial charge in [0.15, 0.2) is 5.69 Å². The SMILES string of the molecule is CCOc1ccccc1NC(=O)c1nnn(-c2ccc(Cl)cc2)c1COC. The molecule has 0 aliphatic carbocycles. The lowest BCUT2D eigenvalue weighted by molar-refractivity contribution is 0.101. The molecule has 0 fully saturated rings. The van der Waals surface area contributed by atoms with Gasteiger partial charge in [0.05, 0.1) is 24.6 Å². The summed E-state index contributed by atoms with van der Waals surface area (Å²) in [5.74, 6) is 0.196. The summed E-state index contributed by atoms with van der Waals surface area (Å²) in [5, 5.41) is 11.6. The van der Waals surface area contributed by atoms with E-state index >= 15 is 0 Å². The molecular weight excluding hydrogens is 368 g/mol. The maximum Gasteiger partial charge on any atom is 0.278 e. The molecule has 0 aliphatic rings. The van der Waals surface area contributed by atoms with Crippen LogP contribution in [0.2, 0.25) is 5.02 Å². The average Bonchev–Trinajstić information content (AvgIpc) is 3.08. The lowest BCUT2D eigenvalue weighted by Crippen LogP contribution is -2.16. The fraction of sp³-hybridized carbons (Fsp3) is 0.211. The molecule has 0 saturated heterocycles. The van der Waals surface area contributed by atoms with Crippen LogP contribution in [0.4, 0.5) is 5.69 Å². The zero-order chi connectivity index (χ0) is 19.2. The van der Waals surface area contributed by atoms with E-state index in [1.54, 1.807) is 48.2 Å². The van der Waals surface area contributed by atoms with Crippen molar-refractivity contribution in [3.63, 3.8) is 0 Å². The molecule has 1 N–H and O–H groups in total. The number of amides is 1. The Morgan fingerprint density at radius 1 is 1.19 bits per heavy atom. The summed E-state index contributed by atoms with van der Waals surface area (Å²) in [7, 11) is 1.55. The number of aromatic nitrogens is 3. The largest absolute Gasteiger partial charge is 0.492 e. The summed E-state index contributed by atoms with van der Waals surface area (Å²) in [6.07, 6.45) is 0. The van der Waals surface area contributed by atoms with Gasteiger partial charge < -0.3 is 14.8 Å². The Balaban J connectivity index is 1.92. The first-order chi connectivity index (χ1) is 13.1. The molecule has 0 bridgehead atoms. The number of carbonyl (C=O) groups excluding carboxylic acids is 1. The number of hydrogen-bond acceptors (Lipinski definition) is 5. The minimum absolute atomic E-state index is 0.172. The predicted octanol–water partition coefficient (Wildman–Crippen LogP) is 3.72. The van der Waals surface area contributed by atoms with Crippen LogP contribution in [0.25, 0.3) is 5.69 Å². The molecule has 1 aromatic heterocycles. The number of nitrogens with zero attached hydrogens (tertiary/aromatic N) is 3. The van der Waals surface area contributed by atoms with Crippen LogP contribution in [0.5, 0.6) is 5.75 Å². The lowest BCUT2D eigenvalue weighted by Gasteiger charge is -2.11. The van der Waals surface area contributed by atoms with Crippen molar-refractivity contribution in [2.45, 2.75) is 13.5 Å². The number of ether oxygens (including phenoxy) is 2. The van der Waals surface area contributed by atoms with Gasteiger partial charge >= 0.3 is 0 Å². The third kappa shape index (κ3) is 4.27. The lowest BCUT2D eigenvalue weighted by atomic mass is 10.2. The molecule has 0 atom stereocenters. The second kappa shape index (κ2) is 8.66. The highest BCUT2D eigenvalue weighted by atomic mass is 35.5. The number of carbonyl (C=O) groups is 1. The quantitative estimate of drug-likeness (QED) is 0.669. The first kappa shape index (κ1) is 18.9. The van der Waals surface area contributed by atoms with Gasteiger partial charge in [-0.25, -0.2) is 4.68 Å². The highest BCUT2D eigenvalue weighted by Crippen LogP contribution is 2.25. The van der Waals surface area contributed by atoms with Crippen LogP contribution < -0.4 is 10.1 Å². The Morgan fingerprint density at radius 2 is 1.93 bits per heavy atom. The van der Waals surface area contributed by atoms with Crippen molar-refractivity contribution in [3.8, 4) is 11.4 Å². The van der Waals surface area contributed by atoms with Crippen molar-refractivity contribution >= 4 is 23.2 Å². The Labute approximate surface area is 161 Å². The van der Waals surface area contributed by atoms with E-state index in [2.05, 4.69) is 15.6 Å². The molecule has 3 rings (SSSR count). The number of hydrogen-bond donors (Lipinski definition) is 1. The van der Waals surface area contributed by atoms with Crippen LogP contribution in [0.1, 0.15) is 23.1 Å². The van der Waals surface area contributed by atoms with Gasteiger partial charge in [-0.05, 0) is 43.3 Å². The Kier molecular flexibility index (Phi) is 6.05. The summed E-state index contributed by atoms with van der Waals surface area (Å²) < 4.78 is 12.3. The van der Waals surface area contributed by atoms with E-state index in [0.717, 1.165) is 5.69 Å². The van der Waals surface area contributed by atoms with Crippen molar-refractivity contribution < 1.29 is 14.3 Å². The van der Waals surface area contributed by atoms with Crippen LogP contribution in [0.15, 0.2) is 48.5 Å². The van der Waals surface area contributed by atoms with Gasteiger partial charge in [0.1, 0.15) is 11.4 Å². The van der Waals surface area contributed by atoms with Crippen molar-refractivity contribution in [2.75, 3.05) is 19.0 Å². The molecule has 1 heterocycles. The van der Waals surface area contributed by atoms with E-state index in [-0.39, 0.29) is 12.3 Å². The number of para-hydroxylation sites is 2. The molecule has 140 valence electrons. The normalized spacial score (nSPS) is 10.6.